The molecule has 4 heteroatoms. The molecule has 192 valence electrons. The molecule has 5 aromatic rings. The highest BCUT2D eigenvalue weighted by atomic mass is 16.5. The molecule has 0 radical (unpaired) electrons. The minimum atomic E-state index is -0.0221. The summed E-state index contributed by atoms with van der Waals surface area (Å²) in [5, 5.41) is 0. The van der Waals surface area contributed by atoms with Crippen LogP contribution in [0, 0.1) is 6.92 Å². The van der Waals surface area contributed by atoms with Crippen molar-refractivity contribution in [2.24, 2.45) is 0 Å². The Bertz CT molecular complexity index is 1560. The summed E-state index contributed by atoms with van der Waals surface area (Å²) in [6.45, 7) is 4.08. The van der Waals surface area contributed by atoms with Gasteiger partial charge in [-0.05, 0) is 91.7 Å². The first kappa shape index (κ1) is 25.7. The fourth-order valence-corrected chi connectivity index (χ4v) is 4.13. The summed E-state index contributed by atoms with van der Waals surface area (Å²) in [7, 11) is 0. The number of carbonyl (C=O) groups is 2. The lowest BCUT2D eigenvalue weighted by Crippen LogP contribution is -2.01. The van der Waals surface area contributed by atoms with Crippen LogP contribution in [0.15, 0.2) is 121 Å². The van der Waals surface area contributed by atoms with Crippen molar-refractivity contribution >= 4 is 11.6 Å². The van der Waals surface area contributed by atoms with Crippen LogP contribution in [0.1, 0.15) is 49.9 Å². The molecule has 0 aliphatic rings. The fourth-order valence-electron chi connectivity index (χ4n) is 4.13. The van der Waals surface area contributed by atoms with E-state index in [1.54, 1.807) is 48.5 Å². The summed E-state index contributed by atoms with van der Waals surface area (Å²) in [6.07, 6.45) is 0.942. The Balaban J connectivity index is 1.18. The van der Waals surface area contributed by atoms with Crippen molar-refractivity contribution in [3.05, 3.63) is 155 Å². The van der Waals surface area contributed by atoms with Gasteiger partial charge in [-0.15, -0.1) is 0 Å². The van der Waals surface area contributed by atoms with Crippen LogP contribution in [-0.4, -0.2) is 11.6 Å². The van der Waals surface area contributed by atoms with E-state index in [1.165, 1.54) is 5.56 Å². The van der Waals surface area contributed by atoms with E-state index in [9.17, 15) is 9.59 Å². The Labute approximate surface area is 228 Å². The molecule has 0 saturated heterocycles. The lowest BCUT2D eigenvalue weighted by Gasteiger charge is -2.09. The van der Waals surface area contributed by atoms with E-state index >= 15 is 0 Å². The van der Waals surface area contributed by atoms with Crippen LogP contribution in [0.25, 0.3) is 0 Å². The highest BCUT2D eigenvalue weighted by Crippen LogP contribution is 2.28. The number of ether oxygens (including phenoxy) is 2. The molecule has 0 spiro atoms. The molecule has 0 aromatic heterocycles. The molecular formula is C35H28O4. The maximum absolute atomic E-state index is 12.8. The number of rotatable bonds is 9. The molecule has 5 aromatic carbocycles. The van der Waals surface area contributed by atoms with Gasteiger partial charge in [0.25, 0.3) is 0 Å². The lowest BCUT2D eigenvalue weighted by atomic mass is 10.0. The van der Waals surface area contributed by atoms with Gasteiger partial charge in [0.15, 0.2) is 11.6 Å². The van der Waals surface area contributed by atoms with Crippen molar-refractivity contribution in [2.75, 3.05) is 0 Å². The van der Waals surface area contributed by atoms with Gasteiger partial charge in [0.05, 0.1) is 0 Å². The largest absolute Gasteiger partial charge is 0.457 e. The number of benzene rings is 5. The summed E-state index contributed by atoms with van der Waals surface area (Å²) < 4.78 is 11.9. The minimum Gasteiger partial charge on any atom is -0.457 e. The smallest absolute Gasteiger partial charge is 0.193 e. The zero-order valence-electron chi connectivity index (χ0n) is 21.9. The number of aryl methyl sites for hydroxylation is 2. The molecule has 0 atom stereocenters. The third-order valence-corrected chi connectivity index (χ3v) is 6.47. The van der Waals surface area contributed by atoms with Crippen molar-refractivity contribution in [2.45, 2.75) is 20.3 Å². The van der Waals surface area contributed by atoms with Gasteiger partial charge in [-0.3, -0.25) is 9.59 Å². The highest BCUT2D eigenvalue weighted by molar-refractivity contribution is 6.09. The second-order valence-corrected chi connectivity index (χ2v) is 9.30. The summed E-state index contributed by atoms with van der Waals surface area (Å²) in [4.78, 5) is 25.4. The molecule has 4 nitrogen and oxygen atoms in total. The molecule has 0 aliphatic carbocycles. The van der Waals surface area contributed by atoms with E-state index in [1.807, 2.05) is 79.7 Å². The summed E-state index contributed by atoms with van der Waals surface area (Å²) in [5.41, 5.74) is 4.87. The first-order valence-corrected chi connectivity index (χ1v) is 12.9. The van der Waals surface area contributed by atoms with Gasteiger partial charge in [-0.2, -0.15) is 0 Å². The quantitative estimate of drug-likeness (QED) is 0.186. The normalized spacial score (nSPS) is 10.6. The van der Waals surface area contributed by atoms with Gasteiger partial charge in [-0.25, -0.2) is 0 Å². The van der Waals surface area contributed by atoms with Crippen molar-refractivity contribution in [1.29, 1.82) is 0 Å². The van der Waals surface area contributed by atoms with E-state index in [2.05, 4.69) is 6.92 Å². The van der Waals surface area contributed by atoms with Gasteiger partial charge in [-0.1, -0.05) is 61.0 Å². The van der Waals surface area contributed by atoms with Gasteiger partial charge in [0, 0.05) is 22.3 Å². The van der Waals surface area contributed by atoms with E-state index < -0.39 is 0 Å². The van der Waals surface area contributed by atoms with E-state index in [4.69, 9.17) is 9.47 Å². The lowest BCUT2D eigenvalue weighted by molar-refractivity contribution is 0.103. The molecule has 0 N–H and O–H groups in total. The van der Waals surface area contributed by atoms with E-state index in [-0.39, 0.29) is 11.6 Å². The van der Waals surface area contributed by atoms with E-state index in [0.29, 0.717) is 45.3 Å². The van der Waals surface area contributed by atoms with Crippen LogP contribution in [0.2, 0.25) is 0 Å². The Hall–Kier alpha value is -4.96. The maximum atomic E-state index is 12.8. The van der Waals surface area contributed by atoms with Gasteiger partial charge >= 0.3 is 0 Å². The molecule has 0 bridgehead atoms. The molecule has 0 fully saturated rings. The van der Waals surface area contributed by atoms with Crippen molar-refractivity contribution in [1.82, 2.24) is 0 Å². The van der Waals surface area contributed by atoms with E-state index in [0.717, 1.165) is 12.0 Å². The Morgan fingerprint density at radius 2 is 0.744 bits per heavy atom. The van der Waals surface area contributed by atoms with Crippen LogP contribution in [0.4, 0.5) is 0 Å². The molecule has 0 heterocycles. The van der Waals surface area contributed by atoms with Crippen LogP contribution >= 0.6 is 0 Å². The van der Waals surface area contributed by atoms with Crippen molar-refractivity contribution < 1.29 is 19.1 Å². The monoisotopic (exact) mass is 512 g/mol. The van der Waals surface area contributed by atoms with Crippen LogP contribution in [0.3, 0.4) is 0 Å². The van der Waals surface area contributed by atoms with Crippen LogP contribution < -0.4 is 9.47 Å². The van der Waals surface area contributed by atoms with Crippen molar-refractivity contribution in [3.8, 4) is 23.0 Å². The zero-order chi connectivity index (χ0) is 27.2. The molecule has 0 saturated carbocycles. The Kier molecular flexibility index (Phi) is 7.65. The average molecular weight is 513 g/mol. The molecular weight excluding hydrogens is 484 g/mol. The molecule has 0 unspecified atom stereocenters. The zero-order valence-corrected chi connectivity index (χ0v) is 21.9. The number of ketones is 2. The standard InChI is InChI=1S/C35H28O4/c1-3-25-6-10-27(11-7-25)35(37)29-14-18-31(19-15-29)39-33-22-20-32(21-23-33)38-30-16-12-28(13-17-30)34(36)26-8-4-24(2)5-9-26/h4-23H,3H2,1-2H3. The second kappa shape index (κ2) is 11.6. The van der Waals surface area contributed by atoms with Gasteiger partial charge in [0.2, 0.25) is 0 Å². The second-order valence-electron chi connectivity index (χ2n) is 9.30. The summed E-state index contributed by atoms with van der Waals surface area (Å²) in [6, 6.07) is 36.8. The molecule has 0 amide bonds. The average Bonchev–Trinajstić information content (AvgIpc) is 2.99. The molecule has 0 aliphatic heterocycles. The van der Waals surface area contributed by atoms with Gasteiger partial charge in [0.1, 0.15) is 23.0 Å². The fraction of sp³-hybridized carbons (Fsp3) is 0.0857. The summed E-state index contributed by atoms with van der Waals surface area (Å²) >= 11 is 0. The predicted molar refractivity (Wildman–Crippen MR) is 153 cm³/mol. The highest BCUT2D eigenvalue weighted by Gasteiger charge is 2.11. The third-order valence-electron chi connectivity index (χ3n) is 6.47. The topological polar surface area (TPSA) is 52.6 Å². The Morgan fingerprint density at radius 1 is 0.462 bits per heavy atom. The minimum absolute atomic E-state index is 0.0155. The third kappa shape index (κ3) is 6.31. The number of carbonyl (C=O) groups excluding carboxylic acids is 2. The number of hydrogen-bond acceptors (Lipinski definition) is 4. The first-order chi connectivity index (χ1) is 19.0. The predicted octanol–water partition coefficient (Wildman–Crippen LogP) is 8.60. The molecule has 5 rings (SSSR count). The Morgan fingerprint density at radius 3 is 1.08 bits per heavy atom. The van der Waals surface area contributed by atoms with Crippen molar-refractivity contribution in [3.63, 3.8) is 0 Å². The van der Waals surface area contributed by atoms with Crippen LogP contribution in [-0.2, 0) is 6.42 Å². The summed E-state index contributed by atoms with van der Waals surface area (Å²) in [5.74, 6) is 2.53. The van der Waals surface area contributed by atoms with Gasteiger partial charge < -0.3 is 9.47 Å². The molecule has 39 heavy (non-hydrogen) atoms. The number of hydrogen-bond donors (Lipinski definition) is 0. The first-order valence-electron chi connectivity index (χ1n) is 12.9. The van der Waals surface area contributed by atoms with Crippen LogP contribution in [0.5, 0.6) is 23.0 Å². The SMILES string of the molecule is CCc1ccc(C(=O)c2ccc(Oc3ccc(Oc4ccc(C(=O)c5ccc(C)cc5)cc4)cc3)cc2)cc1. The maximum Gasteiger partial charge on any atom is 0.193 e.